The van der Waals surface area contributed by atoms with E-state index >= 15 is 0 Å². The van der Waals surface area contributed by atoms with Gasteiger partial charge in [0.2, 0.25) is 0 Å². The fraction of sp³-hybridized carbons (Fsp3) is 0.417. The van der Waals surface area contributed by atoms with Crippen molar-refractivity contribution in [2.45, 2.75) is 46.4 Å². The molecule has 1 aliphatic rings. The van der Waals surface area contributed by atoms with Gasteiger partial charge >= 0.3 is 19.6 Å². The zero-order valence-electron chi connectivity index (χ0n) is 19.2. The third-order valence-corrected chi connectivity index (χ3v) is 6.28. The molecule has 8 nitrogen and oxygen atoms in total. The fourth-order valence-electron chi connectivity index (χ4n) is 4.08. The summed E-state index contributed by atoms with van der Waals surface area (Å²) >= 11 is 0. The maximum Gasteiger partial charge on any atom is 0.344 e. The first-order valence-corrected chi connectivity index (χ1v) is 12.7. The van der Waals surface area contributed by atoms with Crippen LogP contribution in [-0.2, 0) is 33.7 Å². The van der Waals surface area contributed by atoms with Crippen LogP contribution in [0.2, 0.25) is 0 Å². The lowest BCUT2D eigenvalue weighted by Crippen LogP contribution is -2.54. The number of urea groups is 1. The Morgan fingerprint density at radius 1 is 1.15 bits per heavy atom. The van der Waals surface area contributed by atoms with E-state index in [4.69, 9.17) is 4.74 Å². The Hall–Kier alpha value is -2.67. The lowest BCUT2D eigenvalue weighted by atomic mass is 9.90. The van der Waals surface area contributed by atoms with Crippen LogP contribution in [0.3, 0.4) is 0 Å². The van der Waals surface area contributed by atoms with Crippen LogP contribution in [0.5, 0.6) is 0 Å². The number of esters is 1. The maximum absolute atomic E-state index is 13.5. The zero-order valence-corrected chi connectivity index (χ0v) is 20.1. The van der Waals surface area contributed by atoms with Crippen LogP contribution in [-0.4, -0.2) is 50.5 Å². The summed E-state index contributed by atoms with van der Waals surface area (Å²) in [4.78, 5) is 48.2. The minimum absolute atomic E-state index is 0.0108. The van der Waals surface area contributed by atoms with E-state index in [1.807, 2.05) is 69.3 Å². The van der Waals surface area contributed by atoms with E-state index < -0.39 is 31.9 Å². The minimum atomic E-state index is -4.49. The third kappa shape index (κ3) is 6.67. The molecule has 33 heavy (non-hydrogen) atoms. The smallest absolute Gasteiger partial charge is 0.344 e. The summed E-state index contributed by atoms with van der Waals surface area (Å²) in [5.74, 6) is -0.551. The number of hydrogen-bond acceptors (Lipinski definition) is 4. The van der Waals surface area contributed by atoms with Crippen LogP contribution >= 0.6 is 7.60 Å². The van der Waals surface area contributed by atoms with Crippen molar-refractivity contribution in [2.75, 3.05) is 12.8 Å². The number of benzene rings is 2. The van der Waals surface area contributed by atoms with Gasteiger partial charge in [0, 0.05) is 19.5 Å². The number of hydrogen-bond donors (Lipinski definition) is 2. The Labute approximate surface area is 194 Å². The molecule has 1 aliphatic heterocycles. The Bertz CT molecular complexity index is 1040. The highest BCUT2D eigenvalue weighted by molar-refractivity contribution is 7.51. The SMILES string of the molecule is Cc1cccc2c1CC(C(=O)OCc1ccccc1)N(C(=O)N(CC(C)C)CP(=O)(O)O)C2. The summed E-state index contributed by atoms with van der Waals surface area (Å²) in [5.41, 5.74) is 3.76. The average molecular weight is 474 g/mol. The minimum Gasteiger partial charge on any atom is -0.459 e. The van der Waals surface area contributed by atoms with E-state index in [2.05, 4.69) is 0 Å². The molecule has 0 saturated carbocycles. The quantitative estimate of drug-likeness (QED) is 0.468. The molecule has 0 saturated heterocycles. The summed E-state index contributed by atoms with van der Waals surface area (Å²) < 4.78 is 17.3. The number of rotatable bonds is 7. The summed E-state index contributed by atoms with van der Waals surface area (Å²) in [6, 6.07) is 13.6. The van der Waals surface area contributed by atoms with Crippen LogP contribution in [0.25, 0.3) is 0 Å². The number of amides is 2. The number of aryl methyl sites for hydroxylation is 1. The molecule has 2 aromatic carbocycles. The first-order valence-electron chi connectivity index (χ1n) is 10.9. The standard InChI is InChI=1S/C24H31N2O6P/c1-17(2)13-25(16-33(29,30)31)24(28)26-14-20-11-7-8-18(3)21(20)12-22(26)23(27)32-15-19-9-5-4-6-10-19/h4-11,17,22H,12-16H2,1-3H3,(H2,29,30,31). The van der Waals surface area contributed by atoms with E-state index in [-0.39, 0.29) is 32.0 Å². The van der Waals surface area contributed by atoms with E-state index in [0.717, 1.165) is 27.2 Å². The lowest BCUT2D eigenvalue weighted by Gasteiger charge is -2.39. The van der Waals surface area contributed by atoms with Gasteiger partial charge in [0.25, 0.3) is 0 Å². The van der Waals surface area contributed by atoms with Crippen molar-refractivity contribution in [3.63, 3.8) is 0 Å². The predicted molar refractivity (Wildman–Crippen MR) is 124 cm³/mol. The van der Waals surface area contributed by atoms with E-state index in [1.54, 1.807) is 0 Å². The van der Waals surface area contributed by atoms with E-state index in [1.165, 1.54) is 4.90 Å². The Kier molecular flexibility index (Phi) is 7.95. The lowest BCUT2D eigenvalue weighted by molar-refractivity contribution is -0.151. The van der Waals surface area contributed by atoms with Crippen molar-refractivity contribution in [1.82, 2.24) is 9.80 Å². The third-order valence-electron chi connectivity index (χ3n) is 5.57. The molecule has 2 N–H and O–H groups in total. The number of carbonyl (C=O) groups is 2. The monoisotopic (exact) mass is 474 g/mol. The maximum atomic E-state index is 13.5. The van der Waals surface area contributed by atoms with Gasteiger partial charge in [-0.3, -0.25) is 4.57 Å². The molecule has 1 unspecified atom stereocenters. The molecular weight excluding hydrogens is 443 g/mol. The number of ether oxygens (including phenoxy) is 1. The molecule has 0 spiro atoms. The highest BCUT2D eigenvalue weighted by atomic mass is 31.2. The number of carbonyl (C=O) groups excluding carboxylic acids is 2. The average Bonchev–Trinajstić information content (AvgIpc) is 2.75. The van der Waals surface area contributed by atoms with Gasteiger partial charge in [-0.2, -0.15) is 0 Å². The summed E-state index contributed by atoms with van der Waals surface area (Å²) in [7, 11) is -4.49. The summed E-state index contributed by atoms with van der Waals surface area (Å²) in [5, 5.41) is 0. The van der Waals surface area contributed by atoms with Gasteiger partial charge in [0.05, 0.1) is 0 Å². The van der Waals surface area contributed by atoms with Gasteiger partial charge in [0.1, 0.15) is 18.9 Å². The fourth-order valence-corrected chi connectivity index (χ4v) is 4.76. The molecule has 2 aromatic rings. The van der Waals surface area contributed by atoms with Gasteiger partial charge in [0.15, 0.2) is 0 Å². The van der Waals surface area contributed by atoms with Gasteiger partial charge in [-0.25, -0.2) is 9.59 Å². The Balaban J connectivity index is 1.89. The summed E-state index contributed by atoms with van der Waals surface area (Å²) in [6.07, 6.45) is -0.417. The molecule has 1 heterocycles. The second-order valence-corrected chi connectivity index (χ2v) is 10.5. The highest BCUT2D eigenvalue weighted by Crippen LogP contribution is 2.36. The van der Waals surface area contributed by atoms with Crippen LogP contribution in [0.15, 0.2) is 48.5 Å². The molecular formula is C24H31N2O6P. The van der Waals surface area contributed by atoms with Crippen LogP contribution in [0, 0.1) is 12.8 Å². The van der Waals surface area contributed by atoms with E-state index in [9.17, 15) is 23.9 Å². The Morgan fingerprint density at radius 3 is 2.48 bits per heavy atom. The van der Waals surface area contributed by atoms with Crippen LogP contribution in [0.1, 0.15) is 36.1 Å². The second-order valence-electron chi connectivity index (χ2n) is 8.86. The van der Waals surface area contributed by atoms with Crippen molar-refractivity contribution in [1.29, 1.82) is 0 Å². The van der Waals surface area contributed by atoms with Gasteiger partial charge in [-0.1, -0.05) is 62.4 Å². The molecule has 178 valence electrons. The van der Waals surface area contributed by atoms with Crippen molar-refractivity contribution in [2.24, 2.45) is 5.92 Å². The van der Waals surface area contributed by atoms with E-state index in [0.29, 0.717) is 0 Å². The first kappa shape index (κ1) is 25.0. The normalized spacial score (nSPS) is 15.8. The molecule has 0 radical (unpaired) electrons. The zero-order chi connectivity index (χ0) is 24.2. The molecule has 2 amide bonds. The molecule has 0 aromatic heterocycles. The largest absolute Gasteiger partial charge is 0.459 e. The van der Waals surface area contributed by atoms with Crippen LogP contribution in [0.4, 0.5) is 4.79 Å². The molecule has 1 atom stereocenters. The molecule has 0 bridgehead atoms. The molecule has 0 fully saturated rings. The number of fused-ring (bicyclic) bond motifs is 1. The molecule has 3 rings (SSSR count). The topological polar surface area (TPSA) is 107 Å². The predicted octanol–water partition coefficient (Wildman–Crippen LogP) is 3.68. The number of nitrogens with zero attached hydrogens (tertiary/aromatic N) is 2. The summed E-state index contributed by atoms with van der Waals surface area (Å²) in [6.45, 7) is 6.09. The highest BCUT2D eigenvalue weighted by Gasteiger charge is 2.39. The Morgan fingerprint density at radius 2 is 1.85 bits per heavy atom. The van der Waals surface area contributed by atoms with Crippen molar-refractivity contribution >= 4 is 19.6 Å². The van der Waals surface area contributed by atoms with Crippen molar-refractivity contribution < 1.29 is 28.7 Å². The first-order chi connectivity index (χ1) is 15.5. The molecule has 9 heteroatoms. The molecule has 0 aliphatic carbocycles. The van der Waals surface area contributed by atoms with Gasteiger partial charge in [-0.05, 0) is 35.1 Å². The van der Waals surface area contributed by atoms with Crippen molar-refractivity contribution in [3.8, 4) is 0 Å². The van der Waals surface area contributed by atoms with Gasteiger partial charge < -0.3 is 24.3 Å². The van der Waals surface area contributed by atoms with Crippen LogP contribution < -0.4 is 0 Å². The second kappa shape index (κ2) is 10.5. The van der Waals surface area contributed by atoms with Gasteiger partial charge in [-0.15, -0.1) is 0 Å². The van der Waals surface area contributed by atoms with Crippen molar-refractivity contribution in [3.05, 3.63) is 70.8 Å².